The third-order valence-corrected chi connectivity index (χ3v) is 7.98. The first-order valence-electron chi connectivity index (χ1n) is 12.2. The van der Waals surface area contributed by atoms with Crippen LogP contribution in [0.25, 0.3) is 0 Å². The van der Waals surface area contributed by atoms with Gasteiger partial charge in [0.15, 0.2) is 12.3 Å². The van der Waals surface area contributed by atoms with Crippen LogP contribution < -0.4 is 0 Å². The lowest BCUT2D eigenvalue weighted by Crippen LogP contribution is -2.32. The van der Waals surface area contributed by atoms with Crippen molar-refractivity contribution in [2.45, 2.75) is 102 Å². The molecule has 0 amide bonds. The molecule has 4 aliphatic carbocycles. The summed E-state index contributed by atoms with van der Waals surface area (Å²) in [7, 11) is 0. The Morgan fingerprint density at radius 1 is 0.867 bits per heavy atom. The van der Waals surface area contributed by atoms with Gasteiger partial charge in [0.05, 0.1) is 12.7 Å². The molecule has 0 aromatic rings. The predicted molar refractivity (Wildman–Crippen MR) is 116 cm³/mol. The zero-order valence-corrected chi connectivity index (χ0v) is 18.3. The van der Waals surface area contributed by atoms with Crippen LogP contribution in [0.15, 0.2) is 34.9 Å². The maximum Gasteiger partial charge on any atom is 0.159 e. The van der Waals surface area contributed by atoms with E-state index in [1.807, 2.05) is 13.0 Å². The summed E-state index contributed by atoms with van der Waals surface area (Å²) in [5.74, 6) is 0.814. The highest BCUT2D eigenvalue weighted by Gasteiger charge is 2.35. The van der Waals surface area contributed by atoms with Crippen molar-refractivity contribution in [3.05, 3.63) is 34.9 Å². The van der Waals surface area contributed by atoms with Crippen LogP contribution in [0, 0.1) is 17.8 Å². The minimum Gasteiger partial charge on any atom is -0.374 e. The van der Waals surface area contributed by atoms with Crippen LogP contribution in [-0.2, 0) is 4.74 Å². The van der Waals surface area contributed by atoms with Gasteiger partial charge in [0.2, 0.25) is 0 Å². The first-order valence-corrected chi connectivity index (χ1v) is 12.2. The third-order valence-electron chi connectivity index (χ3n) is 7.98. The van der Waals surface area contributed by atoms with Crippen LogP contribution in [0.3, 0.4) is 0 Å². The van der Waals surface area contributed by atoms with E-state index in [2.05, 4.69) is 6.08 Å². The number of halogens is 3. The molecule has 0 aromatic carbocycles. The molecule has 4 atom stereocenters. The van der Waals surface area contributed by atoms with Crippen molar-refractivity contribution in [1.82, 2.24) is 0 Å². The van der Waals surface area contributed by atoms with E-state index in [1.54, 1.807) is 6.08 Å². The van der Waals surface area contributed by atoms with Gasteiger partial charge in [-0.05, 0) is 73.8 Å². The third kappa shape index (κ3) is 5.06. The van der Waals surface area contributed by atoms with Crippen molar-refractivity contribution in [3.63, 3.8) is 0 Å². The van der Waals surface area contributed by atoms with E-state index in [1.165, 1.54) is 12.0 Å². The standard InChI is InChI=1S/C26H37F3O/c1-17-7-8-20(15-24(17)27)18-9-12-22(13-10-18)30-16-21-11-14-23(26(29)25(21)28)19-5-3-2-4-6-19/h8,11,14,17-19,22,24-26H,2-7,9-10,12-13,15-16H2,1H3. The van der Waals surface area contributed by atoms with E-state index >= 15 is 0 Å². The van der Waals surface area contributed by atoms with Gasteiger partial charge in [0, 0.05) is 6.42 Å². The normalized spacial score (nSPS) is 38.6. The molecule has 0 bridgehead atoms. The lowest BCUT2D eigenvalue weighted by Gasteiger charge is -2.34. The molecule has 30 heavy (non-hydrogen) atoms. The number of hydrogen-bond donors (Lipinski definition) is 0. The summed E-state index contributed by atoms with van der Waals surface area (Å²) in [5, 5.41) is 0. The van der Waals surface area contributed by atoms with Gasteiger partial charge in [-0.1, -0.05) is 50.0 Å². The molecule has 4 unspecified atom stereocenters. The Labute approximate surface area is 179 Å². The Morgan fingerprint density at radius 2 is 1.60 bits per heavy atom. The van der Waals surface area contributed by atoms with E-state index in [0.29, 0.717) is 23.5 Å². The average Bonchev–Trinajstić information content (AvgIpc) is 2.78. The van der Waals surface area contributed by atoms with Crippen molar-refractivity contribution in [1.29, 1.82) is 0 Å². The zero-order valence-electron chi connectivity index (χ0n) is 18.3. The molecule has 0 N–H and O–H groups in total. The van der Waals surface area contributed by atoms with Crippen molar-refractivity contribution < 1.29 is 17.9 Å². The lowest BCUT2D eigenvalue weighted by molar-refractivity contribution is 0.0265. The summed E-state index contributed by atoms with van der Waals surface area (Å²) in [5.41, 5.74) is 2.39. The summed E-state index contributed by atoms with van der Waals surface area (Å²) in [4.78, 5) is 0. The monoisotopic (exact) mass is 422 g/mol. The second-order valence-corrected chi connectivity index (χ2v) is 10.0. The molecule has 4 rings (SSSR count). The van der Waals surface area contributed by atoms with E-state index in [-0.39, 0.29) is 24.5 Å². The average molecular weight is 423 g/mol. The maximum atomic E-state index is 14.8. The summed E-state index contributed by atoms with van der Waals surface area (Å²) in [6.45, 7) is 2.16. The van der Waals surface area contributed by atoms with Gasteiger partial charge in [-0.3, -0.25) is 0 Å². The topological polar surface area (TPSA) is 9.23 Å². The molecule has 0 radical (unpaired) electrons. The van der Waals surface area contributed by atoms with Gasteiger partial charge in [-0.25, -0.2) is 13.2 Å². The number of ether oxygens (including phenoxy) is 1. The molecule has 0 aromatic heterocycles. The highest BCUT2D eigenvalue weighted by Crippen LogP contribution is 2.39. The minimum absolute atomic E-state index is 0.0976. The molecule has 0 saturated heterocycles. The summed E-state index contributed by atoms with van der Waals surface area (Å²) in [6, 6.07) is 0. The first-order chi connectivity index (χ1) is 14.5. The number of hydrogen-bond acceptors (Lipinski definition) is 1. The van der Waals surface area contributed by atoms with Crippen LogP contribution in [0.5, 0.6) is 0 Å². The van der Waals surface area contributed by atoms with E-state index < -0.39 is 18.5 Å². The molecule has 2 fully saturated rings. The highest BCUT2D eigenvalue weighted by atomic mass is 19.2. The summed E-state index contributed by atoms with van der Waals surface area (Å²) >= 11 is 0. The SMILES string of the molecule is CC1CC=C(C2CCC(OCC3=CC=C(C4CCCCC4)C(F)C3F)CC2)CC1F. The molecule has 168 valence electrons. The van der Waals surface area contributed by atoms with Crippen molar-refractivity contribution in [3.8, 4) is 0 Å². The van der Waals surface area contributed by atoms with Gasteiger partial charge >= 0.3 is 0 Å². The van der Waals surface area contributed by atoms with Gasteiger partial charge in [0.25, 0.3) is 0 Å². The van der Waals surface area contributed by atoms with Crippen LogP contribution in [0.4, 0.5) is 13.2 Å². The quantitative estimate of drug-likeness (QED) is 0.420. The second-order valence-electron chi connectivity index (χ2n) is 10.0. The van der Waals surface area contributed by atoms with Crippen molar-refractivity contribution >= 4 is 0 Å². The van der Waals surface area contributed by atoms with Crippen LogP contribution >= 0.6 is 0 Å². The lowest BCUT2D eigenvalue weighted by atomic mass is 9.76. The molecule has 0 spiro atoms. The molecular weight excluding hydrogens is 385 g/mol. The Morgan fingerprint density at radius 3 is 2.30 bits per heavy atom. The Hall–Kier alpha value is -1.03. The number of alkyl halides is 3. The van der Waals surface area contributed by atoms with E-state index in [4.69, 9.17) is 4.74 Å². The molecule has 4 aliphatic rings. The minimum atomic E-state index is -1.57. The van der Waals surface area contributed by atoms with Gasteiger partial charge in [0.1, 0.15) is 6.17 Å². The molecule has 1 nitrogen and oxygen atoms in total. The van der Waals surface area contributed by atoms with Crippen LogP contribution in [0.1, 0.15) is 77.6 Å². The Bertz CT molecular complexity index is 668. The summed E-state index contributed by atoms with van der Waals surface area (Å²) < 4.78 is 49.6. The fourth-order valence-corrected chi connectivity index (χ4v) is 5.81. The van der Waals surface area contributed by atoms with Crippen LogP contribution in [0.2, 0.25) is 0 Å². The van der Waals surface area contributed by atoms with Gasteiger partial charge < -0.3 is 4.74 Å². The molecule has 0 aliphatic heterocycles. The van der Waals surface area contributed by atoms with Gasteiger partial charge in [-0.2, -0.15) is 0 Å². The van der Waals surface area contributed by atoms with E-state index in [9.17, 15) is 13.2 Å². The highest BCUT2D eigenvalue weighted by molar-refractivity contribution is 5.33. The Balaban J connectivity index is 1.26. The first kappa shape index (κ1) is 22.2. The number of rotatable bonds is 5. The molecule has 2 saturated carbocycles. The number of allylic oxidation sites excluding steroid dienone is 5. The smallest absolute Gasteiger partial charge is 0.159 e. The maximum absolute atomic E-state index is 14.8. The second kappa shape index (κ2) is 10.1. The van der Waals surface area contributed by atoms with Crippen molar-refractivity contribution in [2.75, 3.05) is 6.61 Å². The summed E-state index contributed by atoms with van der Waals surface area (Å²) in [6.07, 6.45) is 12.9. The fraction of sp³-hybridized carbons (Fsp3) is 0.769. The molecular formula is C26H37F3O. The molecule has 0 heterocycles. The zero-order chi connectivity index (χ0) is 21.1. The van der Waals surface area contributed by atoms with Crippen LogP contribution in [-0.4, -0.2) is 31.2 Å². The predicted octanol–water partition coefficient (Wildman–Crippen LogP) is 7.38. The Kier molecular flexibility index (Phi) is 7.44. The van der Waals surface area contributed by atoms with Crippen molar-refractivity contribution in [2.24, 2.45) is 17.8 Å². The fourth-order valence-electron chi connectivity index (χ4n) is 5.81. The molecule has 4 heteroatoms. The van der Waals surface area contributed by atoms with E-state index in [0.717, 1.165) is 57.8 Å². The largest absolute Gasteiger partial charge is 0.374 e. The van der Waals surface area contributed by atoms with Gasteiger partial charge in [-0.15, -0.1) is 0 Å².